The molecule has 0 aliphatic heterocycles. The third-order valence-corrected chi connectivity index (χ3v) is 3.65. The van der Waals surface area contributed by atoms with Crippen molar-refractivity contribution in [3.8, 4) is 0 Å². The number of benzene rings is 1. The first-order valence-corrected chi connectivity index (χ1v) is 6.56. The first-order chi connectivity index (χ1) is 7.58. The van der Waals surface area contributed by atoms with Crippen molar-refractivity contribution in [3.05, 3.63) is 33.0 Å². The van der Waals surface area contributed by atoms with Crippen LogP contribution in [0.1, 0.15) is 11.1 Å². The smallest absolute Gasteiger partial charge is 0.0592 e. The summed E-state index contributed by atoms with van der Waals surface area (Å²) >= 11 is 2.40. The molecule has 0 aliphatic rings. The van der Waals surface area contributed by atoms with Crippen LogP contribution in [0.5, 0.6) is 0 Å². The van der Waals surface area contributed by atoms with Gasteiger partial charge in [-0.25, -0.2) is 0 Å². The summed E-state index contributed by atoms with van der Waals surface area (Å²) in [7, 11) is 4.23. The lowest BCUT2D eigenvalue weighted by molar-refractivity contribution is 0.414. The molecule has 1 aromatic carbocycles. The number of nitrogens with one attached hydrogen (secondary N) is 1. The predicted octanol–water partition coefficient (Wildman–Crippen LogP) is 3.19. The Balaban J connectivity index is 2.40. The second-order valence-electron chi connectivity index (χ2n) is 4.54. The molecule has 0 fully saturated rings. The van der Waals surface area contributed by atoms with E-state index in [0.717, 1.165) is 13.0 Å². The van der Waals surface area contributed by atoms with E-state index >= 15 is 0 Å². The molecule has 0 amide bonds. The molecule has 2 nitrogen and oxygen atoms in total. The molecular formula is C13H17IN2. The Morgan fingerprint density at radius 1 is 1.31 bits per heavy atom. The number of rotatable bonds is 3. The zero-order chi connectivity index (χ0) is 11.7. The lowest BCUT2D eigenvalue weighted by Gasteiger charge is -2.08. The van der Waals surface area contributed by atoms with Crippen molar-refractivity contribution >= 4 is 33.5 Å². The summed E-state index contributed by atoms with van der Waals surface area (Å²) < 4.78 is 1.31. The minimum absolute atomic E-state index is 1.09. The molecule has 1 N–H and O–H groups in total. The zero-order valence-corrected chi connectivity index (χ0v) is 12.1. The number of aromatic amines is 1. The van der Waals surface area contributed by atoms with Gasteiger partial charge in [0.2, 0.25) is 0 Å². The van der Waals surface area contributed by atoms with Gasteiger partial charge in [-0.3, -0.25) is 0 Å². The van der Waals surface area contributed by atoms with Crippen LogP contribution in [0.2, 0.25) is 0 Å². The third-order valence-electron chi connectivity index (χ3n) is 2.80. The maximum Gasteiger partial charge on any atom is 0.0592 e. The minimum atomic E-state index is 1.09. The molecule has 0 bridgehead atoms. The zero-order valence-electron chi connectivity index (χ0n) is 9.97. The Morgan fingerprint density at radius 3 is 2.75 bits per heavy atom. The van der Waals surface area contributed by atoms with Gasteiger partial charge in [0.15, 0.2) is 0 Å². The van der Waals surface area contributed by atoms with Gasteiger partial charge >= 0.3 is 0 Å². The van der Waals surface area contributed by atoms with Gasteiger partial charge in [-0.2, -0.15) is 0 Å². The molecule has 0 atom stereocenters. The summed E-state index contributed by atoms with van der Waals surface area (Å²) in [5, 5.41) is 1.38. The van der Waals surface area contributed by atoms with Crippen LogP contribution in [0.3, 0.4) is 0 Å². The van der Waals surface area contributed by atoms with E-state index in [-0.39, 0.29) is 0 Å². The lowest BCUT2D eigenvalue weighted by atomic mass is 10.1. The maximum atomic E-state index is 3.38. The predicted molar refractivity (Wildman–Crippen MR) is 78.0 cm³/mol. The fourth-order valence-corrected chi connectivity index (χ4v) is 2.87. The highest BCUT2D eigenvalue weighted by atomic mass is 127. The van der Waals surface area contributed by atoms with Crippen molar-refractivity contribution in [2.24, 2.45) is 0 Å². The van der Waals surface area contributed by atoms with Gasteiger partial charge in [-0.1, -0.05) is 0 Å². The molecule has 0 aliphatic carbocycles. The molecule has 0 radical (unpaired) electrons. The largest absolute Gasteiger partial charge is 0.360 e. The van der Waals surface area contributed by atoms with Crippen LogP contribution in [0.25, 0.3) is 10.9 Å². The number of fused-ring (bicyclic) bond motifs is 1. The first-order valence-electron chi connectivity index (χ1n) is 5.49. The number of likely N-dealkylation sites (N-methyl/N-ethyl adjacent to an activating group) is 1. The Hall–Kier alpha value is -0.550. The van der Waals surface area contributed by atoms with Gasteiger partial charge in [0, 0.05) is 21.7 Å². The summed E-state index contributed by atoms with van der Waals surface area (Å²) in [5.41, 5.74) is 4.04. The van der Waals surface area contributed by atoms with Gasteiger partial charge < -0.3 is 9.88 Å². The van der Waals surface area contributed by atoms with Crippen molar-refractivity contribution in [3.63, 3.8) is 0 Å². The molecule has 1 aromatic heterocycles. The Kier molecular flexibility index (Phi) is 3.54. The monoisotopic (exact) mass is 328 g/mol. The molecule has 2 rings (SSSR count). The highest BCUT2D eigenvalue weighted by molar-refractivity contribution is 14.1. The van der Waals surface area contributed by atoms with Gasteiger partial charge in [-0.05, 0) is 73.3 Å². The van der Waals surface area contributed by atoms with Crippen molar-refractivity contribution < 1.29 is 0 Å². The Bertz CT molecular complexity index is 500. The fraction of sp³-hybridized carbons (Fsp3) is 0.385. The number of nitrogens with zero attached hydrogens (tertiary/aromatic N) is 1. The number of H-pyrrole nitrogens is 1. The van der Waals surface area contributed by atoms with Gasteiger partial charge in [0.05, 0.1) is 5.52 Å². The number of aryl methyl sites for hydroxylation is 1. The van der Waals surface area contributed by atoms with E-state index in [2.05, 4.69) is 71.8 Å². The van der Waals surface area contributed by atoms with Crippen molar-refractivity contribution in [1.82, 2.24) is 9.88 Å². The van der Waals surface area contributed by atoms with Crippen LogP contribution in [0.4, 0.5) is 0 Å². The minimum Gasteiger partial charge on any atom is -0.360 e. The van der Waals surface area contributed by atoms with Gasteiger partial charge in [0.25, 0.3) is 0 Å². The Morgan fingerprint density at radius 2 is 2.06 bits per heavy atom. The first kappa shape index (κ1) is 11.9. The van der Waals surface area contributed by atoms with Gasteiger partial charge in [0.1, 0.15) is 0 Å². The summed E-state index contributed by atoms with van der Waals surface area (Å²) in [6.07, 6.45) is 3.25. The topological polar surface area (TPSA) is 19.0 Å². The van der Waals surface area contributed by atoms with Crippen LogP contribution < -0.4 is 0 Å². The lowest BCUT2D eigenvalue weighted by Crippen LogP contribution is -2.14. The average molecular weight is 328 g/mol. The molecule has 16 heavy (non-hydrogen) atoms. The third kappa shape index (κ3) is 2.40. The van der Waals surface area contributed by atoms with E-state index in [1.165, 1.54) is 25.6 Å². The van der Waals surface area contributed by atoms with E-state index in [0.29, 0.717) is 0 Å². The summed E-state index contributed by atoms with van der Waals surface area (Å²) in [5.74, 6) is 0. The van der Waals surface area contributed by atoms with Crippen molar-refractivity contribution in [1.29, 1.82) is 0 Å². The van der Waals surface area contributed by atoms with Crippen LogP contribution in [-0.2, 0) is 6.42 Å². The SMILES string of the molecule is Cc1cc(I)c2[nH]cc(CCN(C)C)c2c1. The highest BCUT2D eigenvalue weighted by Crippen LogP contribution is 2.25. The fourth-order valence-electron chi connectivity index (χ4n) is 1.93. The second-order valence-corrected chi connectivity index (χ2v) is 5.70. The molecule has 0 unspecified atom stereocenters. The molecule has 1 heterocycles. The van der Waals surface area contributed by atoms with E-state index < -0.39 is 0 Å². The molecule has 0 spiro atoms. The molecule has 2 aromatic rings. The van der Waals surface area contributed by atoms with Crippen molar-refractivity contribution in [2.45, 2.75) is 13.3 Å². The van der Waals surface area contributed by atoms with E-state index in [9.17, 15) is 0 Å². The van der Waals surface area contributed by atoms with Crippen LogP contribution in [0, 0.1) is 10.5 Å². The molecule has 0 saturated carbocycles. The number of hydrogen-bond donors (Lipinski definition) is 1. The normalized spacial score (nSPS) is 11.6. The molecular weight excluding hydrogens is 311 g/mol. The van der Waals surface area contributed by atoms with Gasteiger partial charge in [-0.15, -0.1) is 0 Å². The summed E-state index contributed by atoms with van der Waals surface area (Å²) in [4.78, 5) is 5.60. The second kappa shape index (κ2) is 4.75. The number of aromatic nitrogens is 1. The summed E-state index contributed by atoms with van der Waals surface area (Å²) in [6, 6.07) is 4.49. The highest BCUT2D eigenvalue weighted by Gasteiger charge is 2.07. The maximum absolute atomic E-state index is 3.38. The number of halogens is 1. The molecule has 0 saturated heterocycles. The molecule has 3 heteroatoms. The van der Waals surface area contributed by atoms with E-state index in [1.807, 2.05) is 0 Å². The average Bonchev–Trinajstić information content (AvgIpc) is 2.58. The Labute approximate surface area is 110 Å². The molecule has 86 valence electrons. The van der Waals surface area contributed by atoms with E-state index in [1.54, 1.807) is 0 Å². The van der Waals surface area contributed by atoms with E-state index in [4.69, 9.17) is 0 Å². The van der Waals surface area contributed by atoms with Crippen LogP contribution >= 0.6 is 22.6 Å². The van der Waals surface area contributed by atoms with Crippen molar-refractivity contribution in [2.75, 3.05) is 20.6 Å². The standard InChI is InChI=1S/C13H17IN2/c1-9-6-11-10(4-5-16(2)3)8-15-13(11)12(14)7-9/h6-8,15H,4-5H2,1-3H3. The van der Waals surface area contributed by atoms with Crippen LogP contribution in [-0.4, -0.2) is 30.5 Å². The quantitative estimate of drug-likeness (QED) is 0.858. The number of hydrogen-bond acceptors (Lipinski definition) is 1. The van der Waals surface area contributed by atoms with Crippen LogP contribution in [0.15, 0.2) is 18.3 Å². The summed E-state index contributed by atoms with van der Waals surface area (Å²) in [6.45, 7) is 3.25.